The van der Waals surface area contributed by atoms with Crippen molar-refractivity contribution >= 4 is 11.6 Å². The van der Waals surface area contributed by atoms with Crippen LogP contribution in [0.15, 0.2) is 53.5 Å². The highest BCUT2D eigenvalue weighted by atomic mass is 16.6. The Balaban J connectivity index is 1.42. The van der Waals surface area contributed by atoms with Crippen molar-refractivity contribution in [1.29, 1.82) is 0 Å². The minimum atomic E-state index is -0.384. The molecule has 1 atom stereocenters. The Morgan fingerprint density at radius 2 is 2.00 bits per heavy atom. The summed E-state index contributed by atoms with van der Waals surface area (Å²) in [6, 6.07) is 14.8. The van der Waals surface area contributed by atoms with Crippen molar-refractivity contribution in [2.75, 3.05) is 13.2 Å². The molecule has 0 saturated carbocycles. The van der Waals surface area contributed by atoms with Crippen LogP contribution in [0.4, 0.5) is 5.69 Å². The fraction of sp³-hybridized carbons (Fsp3) is 0.350. The summed E-state index contributed by atoms with van der Waals surface area (Å²) in [6.07, 6.45) is 3.58. The third-order valence-corrected chi connectivity index (χ3v) is 4.58. The molecule has 0 spiro atoms. The topological polar surface area (TPSA) is 103 Å². The van der Waals surface area contributed by atoms with Crippen LogP contribution >= 0.6 is 0 Å². The molecule has 0 saturated heterocycles. The quantitative estimate of drug-likeness (QED) is 0.256. The number of aliphatic imine (C=N–C) groups is 1. The van der Waals surface area contributed by atoms with Gasteiger partial charge >= 0.3 is 0 Å². The number of rotatable bonds is 7. The molecule has 1 unspecified atom stereocenters. The maximum atomic E-state index is 10.7. The van der Waals surface area contributed by atoms with Crippen molar-refractivity contribution in [1.82, 2.24) is 5.32 Å². The van der Waals surface area contributed by atoms with Gasteiger partial charge in [0.25, 0.3) is 5.69 Å². The van der Waals surface area contributed by atoms with Crippen molar-refractivity contribution in [2.24, 2.45) is 10.7 Å². The van der Waals surface area contributed by atoms with Gasteiger partial charge in [-0.2, -0.15) is 0 Å². The lowest BCUT2D eigenvalue weighted by Crippen LogP contribution is -2.37. The Kier molecular flexibility index (Phi) is 6.25. The number of nitrogens with one attached hydrogen (secondary N) is 1. The summed E-state index contributed by atoms with van der Waals surface area (Å²) in [6.45, 7) is 1.31. The first-order valence-corrected chi connectivity index (χ1v) is 9.15. The maximum absolute atomic E-state index is 10.7. The van der Waals surface area contributed by atoms with E-state index in [9.17, 15) is 10.1 Å². The molecule has 0 bridgehead atoms. The second-order valence-corrected chi connectivity index (χ2v) is 6.52. The standard InChI is InChI=1S/C20H24N4O3/c21-20(23-18-12-14-27-19-7-2-1-6-17(18)19)22-13-4-3-5-15-8-10-16(11-9-15)24(25)26/h1-2,6-11,18H,3-5,12-14H2,(H3,21,22,23). The molecule has 0 radical (unpaired) electrons. The molecule has 1 heterocycles. The molecule has 0 aromatic heterocycles. The minimum Gasteiger partial charge on any atom is -0.493 e. The number of para-hydroxylation sites is 1. The molecule has 1 aliphatic heterocycles. The summed E-state index contributed by atoms with van der Waals surface area (Å²) in [5.41, 5.74) is 8.36. The average Bonchev–Trinajstić information content (AvgIpc) is 2.68. The van der Waals surface area contributed by atoms with Crippen LogP contribution < -0.4 is 15.8 Å². The molecule has 142 valence electrons. The first kappa shape index (κ1) is 18.7. The lowest BCUT2D eigenvalue weighted by atomic mass is 10.0. The smallest absolute Gasteiger partial charge is 0.269 e. The molecule has 2 aromatic carbocycles. The van der Waals surface area contributed by atoms with E-state index in [1.54, 1.807) is 24.3 Å². The van der Waals surface area contributed by atoms with Crippen LogP contribution in [0.25, 0.3) is 0 Å². The minimum absolute atomic E-state index is 0.122. The molecular formula is C20H24N4O3. The number of fused-ring (bicyclic) bond motifs is 1. The molecule has 3 rings (SSSR count). The average molecular weight is 368 g/mol. The number of nitrogens with two attached hydrogens (primary N) is 1. The zero-order chi connectivity index (χ0) is 19.1. The Morgan fingerprint density at radius 1 is 1.22 bits per heavy atom. The van der Waals surface area contributed by atoms with Gasteiger partial charge in [0.05, 0.1) is 17.6 Å². The molecule has 0 fully saturated rings. The summed E-state index contributed by atoms with van der Waals surface area (Å²) in [4.78, 5) is 14.7. The van der Waals surface area contributed by atoms with Crippen LogP contribution in [0.5, 0.6) is 5.75 Å². The van der Waals surface area contributed by atoms with Crippen molar-refractivity contribution in [3.05, 3.63) is 69.8 Å². The number of guanidine groups is 1. The second-order valence-electron chi connectivity index (χ2n) is 6.52. The third kappa shape index (κ3) is 5.20. The molecule has 7 heteroatoms. The van der Waals surface area contributed by atoms with Gasteiger partial charge in [0, 0.05) is 30.7 Å². The van der Waals surface area contributed by atoms with Crippen molar-refractivity contribution < 1.29 is 9.66 Å². The second kappa shape index (κ2) is 9.02. The van der Waals surface area contributed by atoms with E-state index in [4.69, 9.17) is 10.5 Å². The SMILES string of the molecule is NC(=NCCCCc1ccc([N+](=O)[O-])cc1)NC1CCOc2ccccc21. The highest BCUT2D eigenvalue weighted by Gasteiger charge is 2.21. The number of aryl methyl sites for hydroxylation is 1. The number of ether oxygens (including phenoxy) is 1. The van der Waals surface area contributed by atoms with E-state index in [1.165, 1.54) is 0 Å². The number of nitro benzene ring substituents is 1. The largest absolute Gasteiger partial charge is 0.493 e. The first-order valence-electron chi connectivity index (χ1n) is 9.15. The van der Waals surface area contributed by atoms with Crippen molar-refractivity contribution in [3.63, 3.8) is 0 Å². The van der Waals surface area contributed by atoms with E-state index in [0.29, 0.717) is 19.1 Å². The number of hydrogen-bond acceptors (Lipinski definition) is 4. The van der Waals surface area contributed by atoms with Crippen molar-refractivity contribution in [3.8, 4) is 5.75 Å². The van der Waals surface area contributed by atoms with Crippen LogP contribution in [-0.4, -0.2) is 24.0 Å². The lowest BCUT2D eigenvalue weighted by molar-refractivity contribution is -0.384. The zero-order valence-electron chi connectivity index (χ0n) is 15.1. The molecular weight excluding hydrogens is 344 g/mol. The van der Waals surface area contributed by atoms with Crippen LogP contribution in [0, 0.1) is 10.1 Å². The fourth-order valence-corrected chi connectivity index (χ4v) is 3.14. The van der Waals surface area contributed by atoms with Gasteiger partial charge in [0.2, 0.25) is 0 Å². The normalized spacial score (nSPS) is 16.3. The van der Waals surface area contributed by atoms with E-state index < -0.39 is 0 Å². The molecule has 1 aliphatic rings. The predicted octanol–water partition coefficient (Wildman–Crippen LogP) is 3.35. The fourth-order valence-electron chi connectivity index (χ4n) is 3.14. The molecule has 7 nitrogen and oxygen atoms in total. The number of nitro groups is 1. The van der Waals surface area contributed by atoms with Crippen LogP contribution in [0.1, 0.15) is 36.4 Å². The molecule has 2 aromatic rings. The Labute approximate surface area is 158 Å². The van der Waals surface area contributed by atoms with Crippen LogP contribution in [0.2, 0.25) is 0 Å². The van der Waals surface area contributed by atoms with E-state index in [2.05, 4.69) is 10.3 Å². The van der Waals surface area contributed by atoms with Crippen LogP contribution in [-0.2, 0) is 6.42 Å². The summed E-state index contributed by atoms with van der Waals surface area (Å²) < 4.78 is 5.65. The summed E-state index contributed by atoms with van der Waals surface area (Å²) in [5, 5.41) is 13.9. The van der Waals surface area contributed by atoms with Gasteiger partial charge < -0.3 is 15.8 Å². The molecule has 3 N–H and O–H groups in total. The Hall–Kier alpha value is -3.09. The molecule has 0 aliphatic carbocycles. The Morgan fingerprint density at radius 3 is 2.78 bits per heavy atom. The lowest BCUT2D eigenvalue weighted by Gasteiger charge is -2.26. The number of non-ortho nitro benzene ring substituents is 1. The number of nitrogens with zero attached hydrogens (tertiary/aromatic N) is 2. The van der Waals surface area contributed by atoms with E-state index in [0.717, 1.165) is 42.6 Å². The summed E-state index contributed by atoms with van der Waals surface area (Å²) in [7, 11) is 0. The zero-order valence-corrected chi connectivity index (χ0v) is 15.1. The first-order chi connectivity index (χ1) is 13.1. The molecule has 27 heavy (non-hydrogen) atoms. The van der Waals surface area contributed by atoms with Gasteiger partial charge in [-0.05, 0) is 30.9 Å². The van der Waals surface area contributed by atoms with Gasteiger partial charge in [-0.25, -0.2) is 0 Å². The highest BCUT2D eigenvalue weighted by Crippen LogP contribution is 2.31. The summed E-state index contributed by atoms with van der Waals surface area (Å²) in [5.74, 6) is 1.35. The predicted molar refractivity (Wildman–Crippen MR) is 105 cm³/mol. The van der Waals surface area contributed by atoms with Crippen LogP contribution in [0.3, 0.4) is 0 Å². The van der Waals surface area contributed by atoms with Gasteiger partial charge in [0.1, 0.15) is 5.75 Å². The third-order valence-electron chi connectivity index (χ3n) is 4.58. The summed E-state index contributed by atoms with van der Waals surface area (Å²) >= 11 is 0. The van der Waals surface area contributed by atoms with Gasteiger partial charge in [0.15, 0.2) is 5.96 Å². The van der Waals surface area contributed by atoms with Gasteiger partial charge in [-0.15, -0.1) is 0 Å². The van der Waals surface area contributed by atoms with E-state index in [-0.39, 0.29) is 16.7 Å². The highest BCUT2D eigenvalue weighted by molar-refractivity contribution is 5.78. The monoisotopic (exact) mass is 368 g/mol. The van der Waals surface area contributed by atoms with Crippen molar-refractivity contribution in [2.45, 2.75) is 31.7 Å². The van der Waals surface area contributed by atoms with Gasteiger partial charge in [-0.3, -0.25) is 15.1 Å². The van der Waals surface area contributed by atoms with Gasteiger partial charge in [-0.1, -0.05) is 30.3 Å². The van der Waals surface area contributed by atoms with E-state index >= 15 is 0 Å². The van der Waals surface area contributed by atoms with E-state index in [1.807, 2.05) is 24.3 Å². The number of benzene rings is 2. The Bertz CT molecular complexity index is 805. The number of hydrogen-bond donors (Lipinski definition) is 2. The molecule has 0 amide bonds. The maximum Gasteiger partial charge on any atom is 0.269 e. The number of unbranched alkanes of at least 4 members (excludes halogenated alkanes) is 1.